The van der Waals surface area contributed by atoms with E-state index in [2.05, 4.69) is 19.9 Å². The lowest BCUT2D eigenvalue weighted by Gasteiger charge is -2.22. The van der Waals surface area contributed by atoms with E-state index in [1.54, 1.807) is 0 Å². The highest BCUT2D eigenvalue weighted by Crippen LogP contribution is 2.29. The predicted molar refractivity (Wildman–Crippen MR) is 71.4 cm³/mol. The van der Waals surface area contributed by atoms with Gasteiger partial charge in [0.05, 0.1) is 0 Å². The van der Waals surface area contributed by atoms with E-state index in [0.717, 1.165) is 18.4 Å². The summed E-state index contributed by atoms with van der Waals surface area (Å²) in [7, 11) is 0. The van der Waals surface area contributed by atoms with Crippen molar-refractivity contribution in [1.29, 1.82) is 0 Å². The molecule has 0 aliphatic heterocycles. The second-order valence-corrected chi connectivity index (χ2v) is 5.44. The Morgan fingerprint density at radius 3 is 2.41 bits per heavy atom. The molecule has 0 aromatic heterocycles. The van der Waals surface area contributed by atoms with E-state index >= 15 is 0 Å². The molecule has 0 atom stereocenters. The Bertz CT molecular complexity index is 386. The monoisotopic (exact) mass is 230 g/mol. The first-order chi connectivity index (χ1) is 8.20. The van der Waals surface area contributed by atoms with Crippen molar-refractivity contribution in [3.63, 3.8) is 0 Å². The first kappa shape index (κ1) is 12.3. The summed E-state index contributed by atoms with van der Waals surface area (Å²) >= 11 is 0. The van der Waals surface area contributed by atoms with Gasteiger partial charge in [0.15, 0.2) is 5.78 Å². The largest absolute Gasteiger partial charge is 0.294 e. The zero-order chi connectivity index (χ0) is 12.3. The van der Waals surface area contributed by atoms with Crippen LogP contribution in [0.3, 0.4) is 0 Å². The number of carbonyl (C=O) groups is 1. The molecule has 1 aromatic rings. The second kappa shape index (κ2) is 5.48. The summed E-state index contributed by atoms with van der Waals surface area (Å²) in [6.07, 6.45) is 5.92. The number of carbonyl (C=O) groups excluding carboxylic acids is 1. The molecule has 1 heteroatoms. The number of hydrogen-bond donors (Lipinski definition) is 0. The Labute approximate surface area is 104 Å². The summed E-state index contributed by atoms with van der Waals surface area (Å²) in [5.74, 6) is 1.09. The van der Waals surface area contributed by atoms with Gasteiger partial charge in [-0.05, 0) is 24.3 Å². The van der Waals surface area contributed by atoms with Crippen LogP contribution in [0.2, 0.25) is 0 Å². The first-order valence-corrected chi connectivity index (χ1v) is 6.83. The third kappa shape index (κ3) is 2.77. The van der Waals surface area contributed by atoms with E-state index in [0.29, 0.717) is 11.7 Å². The van der Waals surface area contributed by atoms with Crippen LogP contribution in [-0.2, 0) is 0 Å². The van der Waals surface area contributed by atoms with Crippen molar-refractivity contribution < 1.29 is 4.79 Å². The lowest BCUT2D eigenvalue weighted by atomic mass is 9.81. The maximum Gasteiger partial charge on any atom is 0.166 e. The fraction of sp³-hybridized carbons (Fsp3) is 0.562. The van der Waals surface area contributed by atoms with Gasteiger partial charge in [-0.2, -0.15) is 0 Å². The minimum atomic E-state index is 0.281. The van der Waals surface area contributed by atoms with Crippen molar-refractivity contribution in [2.75, 3.05) is 0 Å². The van der Waals surface area contributed by atoms with Crippen molar-refractivity contribution in [2.45, 2.75) is 51.9 Å². The molecule has 0 unspecified atom stereocenters. The average molecular weight is 230 g/mol. The number of benzene rings is 1. The van der Waals surface area contributed by atoms with Crippen LogP contribution in [0.5, 0.6) is 0 Å². The molecular weight excluding hydrogens is 208 g/mol. The van der Waals surface area contributed by atoms with Gasteiger partial charge in [0.25, 0.3) is 0 Å². The van der Waals surface area contributed by atoms with E-state index in [-0.39, 0.29) is 5.92 Å². The average Bonchev–Trinajstić information content (AvgIpc) is 2.39. The van der Waals surface area contributed by atoms with Crippen LogP contribution in [0.4, 0.5) is 0 Å². The van der Waals surface area contributed by atoms with Gasteiger partial charge in [0.2, 0.25) is 0 Å². The zero-order valence-electron chi connectivity index (χ0n) is 10.9. The van der Waals surface area contributed by atoms with Gasteiger partial charge in [0.1, 0.15) is 0 Å². The molecule has 1 aromatic carbocycles. The third-order valence-corrected chi connectivity index (χ3v) is 3.82. The highest BCUT2D eigenvalue weighted by Gasteiger charge is 2.24. The van der Waals surface area contributed by atoms with Crippen LogP contribution in [-0.4, -0.2) is 5.78 Å². The molecule has 17 heavy (non-hydrogen) atoms. The fourth-order valence-corrected chi connectivity index (χ4v) is 2.81. The van der Waals surface area contributed by atoms with Gasteiger partial charge in [-0.25, -0.2) is 0 Å². The molecule has 0 spiro atoms. The molecule has 0 N–H and O–H groups in total. The quantitative estimate of drug-likeness (QED) is 0.695. The second-order valence-electron chi connectivity index (χ2n) is 5.44. The van der Waals surface area contributed by atoms with Gasteiger partial charge in [-0.1, -0.05) is 57.4 Å². The summed E-state index contributed by atoms with van der Waals surface area (Å²) in [4.78, 5) is 12.5. The number of rotatable bonds is 3. The Morgan fingerprint density at radius 2 is 1.76 bits per heavy atom. The van der Waals surface area contributed by atoms with Crippen LogP contribution in [0.1, 0.15) is 67.8 Å². The summed E-state index contributed by atoms with van der Waals surface area (Å²) in [5, 5.41) is 0. The molecule has 1 nitrogen and oxygen atoms in total. The SMILES string of the molecule is CC(C)c1ccccc1C(=O)C1CCCCC1. The van der Waals surface area contributed by atoms with Crippen LogP contribution in [0.15, 0.2) is 24.3 Å². The smallest absolute Gasteiger partial charge is 0.166 e. The van der Waals surface area contributed by atoms with Crippen LogP contribution < -0.4 is 0 Å². The lowest BCUT2D eigenvalue weighted by molar-refractivity contribution is 0.0888. The summed E-state index contributed by atoms with van der Waals surface area (Å²) in [6.45, 7) is 4.32. The molecule has 1 saturated carbocycles. The number of Topliss-reactive ketones (excluding diaryl/α,β-unsaturated/α-hetero) is 1. The fourth-order valence-electron chi connectivity index (χ4n) is 2.81. The predicted octanol–water partition coefficient (Wildman–Crippen LogP) is 4.57. The van der Waals surface area contributed by atoms with Gasteiger partial charge < -0.3 is 0 Å². The molecule has 0 heterocycles. The van der Waals surface area contributed by atoms with E-state index in [1.807, 2.05) is 18.2 Å². The number of hydrogen-bond acceptors (Lipinski definition) is 1. The highest BCUT2D eigenvalue weighted by atomic mass is 16.1. The van der Waals surface area contributed by atoms with E-state index in [4.69, 9.17) is 0 Å². The van der Waals surface area contributed by atoms with E-state index < -0.39 is 0 Å². The minimum Gasteiger partial charge on any atom is -0.294 e. The molecule has 0 saturated heterocycles. The molecule has 1 fully saturated rings. The van der Waals surface area contributed by atoms with Gasteiger partial charge in [-0.15, -0.1) is 0 Å². The molecule has 0 bridgehead atoms. The van der Waals surface area contributed by atoms with Gasteiger partial charge in [0, 0.05) is 11.5 Å². The zero-order valence-corrected chi connectivity index (χ0v) is 10.9. The van der Waals surface area contributed by atoms with Crippen molar-refractivity contribution in [3.05, 3.63) is 35.4 Å². The summed E-state index contributed by atoms with van der Waals surface area (Å²) in [6, 6.07) is 8.13. The summed E-state index contributed by atoms with van der Waals surface area (Å²) < 4.78 is 0. The standard InChI is InChI=1S/C16H22O/c1-12(2)14-10-6-7-11-15(14)16(17)13-8-4-3-5-9-13/h6-7,10-13H,3-5,8-9H2,1-2H3. The molecule has 0 amide bonds. The maximum absolute atomic E-state index is 12.5. The highest BCUT2D eigenvalue weighted by molar-refractivity contribution is 5.99. The van der Waals surface area contributed by atoms with Gasteiger partial charge >= 0.3 is 0 Å². The van der Waals surface area contributed by atoms with E-state index in [9.17, 15) is 4.79 Å². The van der Waals surface area contributed by atoms with Crippen molar-refractivity contribution >= 4 is 5.78 Å². The van der Waals surface area contributed by atoms with Crippen LogP contribution >= 0.6 is 0 Å². The Balaban J connectivity index is 2.23. The Hall–Kier alpha value is -1.11. The first-order valence-electron chi connectivity index (χ1n) is 6.83. The van der Waals surface area contributed by atoms with Crippen LogP contribution in [0.25, 0.3) is 0 Å². The molecule has 2 rings (SSSR count). The molecule has 1 aliphatic carbocycles. The Kier molecular flexibility index (Phi) is 3.98. The maximum atomic E-state index is 12.5. The van der Waals surface area contributed by atoms with Crippen molar-refractivity contribution in [2.24, 2.45) is 5.92 Å². The van der Waals surface area contributed by atoms with Crippen molar-refractivity contribution in [1.82, 2.24) is 0 Å². The number of ketones is 1. The van der Waals surface area contributed by atoms with Crippen molar-refractivity contribution in [3.8, 4) is 0 Å². The van der Waals surface area contributed by atoms with E-state index in [1.165, 1.54) is 24.8 Å². The minimum absolute atomic E-state index is 0.281. The normalized spacial score (nSPS) is 17.4. The molecular formula is C16H22O. The summed E-state index contributed by atoms with van der Waals surface area (Å²) in [5.41, 5.74) is 2.18. The third-order valence-electron chi connectivity index (χ3n) is 3.82. The molecule has 1 aliphatic rings. The topological polar surface area (TPSA) is 17.1 Å². The molecule has 92 valence electrons. The lowest BCUT2D eigenvalue weighted by Crippen LogP contribution is -2.19. The van der Waals surface area contributed by atoms with Crippen LogP contribution in [0, 0.1) is 5.92 Å². The van der Waals surface area contributed by atoms with Gasteiger partial charge in [-0.3, -0.25) is 4.79 Å². The Morgan fingerprint density at radius 1 is 1.12 bits per heavy atom. The molecule has 0 radical (unpaired) electrons.